The summed E-state index contributed by atoms with van der Waals surface area (Å²) in [6.45, 7) is 12.0. The Kier molecular flexibility index (Phi) is 12.6. The van der Waals surface area contributed by atoms with Crippen LogP contribution in [0.25, 0.3) is 0 Å². The van der Waals surface area contributed by atoms with Crippen molar-refractivity contribution in [1.29, 1.82) is 0 Å². The third-order valence-corrected chi connectivity index (χ3v) is 20.0. The minimum absolute atomic E-state index is 0.0414. The van der Waals surface area contributed by atoms with Gasteiger partial charge in [0.05, 0.1) is 87.0 Å². The van der Waals surface area contributed by atoms with Crippen LogP contribution < -0.4 is 10.4 Å². The molecule has 6 saturated heterocycles. The summed E-state index contributed by atoms with van der Waals surface area (Å²) in [5, 5.41) is 2.39. The van der Waals surface area contributed by atoms with Crippen molar-refractivity contribution in [2.24, 2.45) is 0 Å². The Morgan fingerprint density at radius 3 is 1.65 bits per heavy atom. The van der Waals surface area contributed by atoms with E-state index in [4.69, 9.17) is 42.3 Å². The van der Waals surface area contributed by atoms with Gasteiger partial charge in [0.15, 0.2) is 0 Å². The second kappa shape index (κ2) is 18.2. The molecule has 10 heteroatoms. The molecule has 0 aromatic heterocycles. The normalized spacial score (nSPS) is 35.1. The van der Waals surface area contributed by atoms with Gasteiger partial charge in [0, 0.05) is 38.7 Å². The molecule has 6 aliphatic rings. The van der Waals surface area contributed by atoms with Crippen molar-refractivity contribution >= 4 is 18.7 Å². The van der Waals surface area contributed by atoms with E-state index in [1.165, 1.54) is 10.4 Å². The molecule has 12 atom stereocenters. The molecular weight excluding hydrogens is 809 g/mol. The van der Waals surface area contributed by atoms with E-state index in [0.29, 0.717) is 39.5 Å². The van der Waals surface area contributed by atoms with E-state index in [0.717, 1.165) is 49.7 Å². The molecular formula is C53H66O9Si. The van der Waals surface area contributed by atoms with Crippen LogP contribution in [0.3, 0.4) is 0 Å². The number of ether oxygens (including phenoxy) is 8. The van der Waals surface area contributed by atoms with Crippen molar-refractivity contribution in [3.8, 4) is 0 Å². The largest absolute Gasteiger partial charge is 0.405 e. The second-order valence-corrected chi connectivity index (χ2v) is 24.5. The van der Waals surface area contributed by atoms with Gasteiger partial charge in [-0.25, -0.2) is 0 Å². The zero-order valence-corrected chi connectivity index (χ0v) is 38.5. The highest BCUT2D eigenvalue weighted by Crippen LogP contribution is 2.49. The number of rotatable bonds is 13. The highest BCUT2D eigenvalue weighted by molar-refractivity contribution is 6.99. The van der Waals surface area contributed by atoms with Crippen LogP contribution >= 0.6 is 0 Å². The lowest BCUT2D eigenvalue weighted by atomic mass is 9.80. The summed E-state index contributed by atoms with van der Waals surface area (Å²) in [7, 11) is -2.78. The quantitative estimate of drug-likeness (QED) is 0.0752. The number of benzene rings is 4. The standard InChI is InChI=1S/C53H66O9Si/c1-51(2,3)63(39-21-13-7-14-22-39,40-23-15-8-16-24-40)57-35-50-53(36-56-53)26-25-41-42(61-50)29-44-43(58-41)30-45-46(59-44)31-48-47(60-45)32-49(55-34-38-19-11-6-12-20-38)52(4,62-48)27-28-54-33-37-17-9-5-10-18-37/h5-24,41-50H,25-36H2,1-4H3/t41-,42+,43+,44-,45-,46+,47+,48-,49-,50-,52+,53?/m0/s1. The summed E-state index contributed by atoms with van der Waals surface area (Å²) in [4.78, 5) is 0. The van der Waals surface area contributed by atoms with Crippen LogP contribution in [0.2, 0.25) is 5.04 Å². The van der Waals surface area contributed by atoms with E-state index in [2.05, 4.69) is 125 Å². The van der Waals surface area contributed by atoms with Crippen molar-refractivity contribution in [3.05, 3.63) is 132 Å². The molecule has 0 saturated carbocycles. The molecule has 0 aliphatic carbocycles. The molecule has 63 heavy (non-hydrogen) atoms. The first kappa shape index (κ1) is 43.6. The Labute approximate surface area is 375 Å². The third kappa shape index (κ3) is 9.03. The van der Waals surface area contributed by atoms with Crippen molar-refractivity contribution in [2.75, 3.05) is 19.8 Å². The average molecular weight is 875 g/mol. The fraction of sp³-hybridized carbons (Fsp3) is 0.547. The second-order valence-electron chi connectivity index (χ2n) is 20.2. The molecule has 9 nitrogen and oxygen atoms in total. The predicted molar refractivity (Wildman–Crippen MR) is 244 cm³/mol. The fourth-order valence-electron chi connectivity index (χ4n) is 11.4. The van der Waals surface area contributed by atoms with Gasteiger partial charge in [0.2, 0.25) is 0 Å². The molecule has 6 fully saturated rings. The van der Waals surface area contributed by atoms with E-state index < -0.39 is 13.9 Å². The van der Waals surface area contributed by atoms with Gasteiger partial charge >= 0.3 is 0 Å². The van der Waals surface area contributed by atoms with Crippen molar-refractivity contribution < 1.29 is 42.3 Å². The third-order valence-electron chi connectivity index (χ3n) is 15.0. The molecule has 4 aromatic carbocycles. The van der Waals surface area contributed by atoms with Gasteiger partial charge in [0.25, 0.3) is 8.32 Å². The molecule has 0 bridgehead atoms. The van der Waals surface area contributed by atoms with Gasteiger partial charge < -0.3 is 42.3 Å². The molecule has 6 heterocycles. The van der Waals surface area contributed by atoms with E-state index in [1.807, 2.05) is 24.3 Å². The number of epoxide rings is 1. The Bertz CT molecular complexity index is 2040. The Hall–Kier alpha value is -3.26. The molecule has 0 amide bonds. The lowest BCUT2D eigenvalue weighted by molar-refractivity contribution is -0.321. The summed E-state index contributed by atoms with van der Waals surface area (Å²) in [6.07, 6.45) is 4.50. The van der Waals surface area contributed by atoms with Crippen molar-refractivity contribution in [1.82, 2.24) is 0 Å². The molecule has 6 aliphatic heterocycles. The number of hydrogen-bond acceptors (Lipinski definition) is 9. The van der Waals surface area contributed by atoms with Gasteiger partial charge in [-0.05, 0) is 46.3 Å². The first-order valence-corrected chi connectivity index (χ1v) is 25.5. The first-order valence-electron chi connectivity index (χ1n) is 23.6. The Morgan fingerprint density at radius 2 is 1.10 bits per heavy atom. The summed E-state index contributed by atoms with van der Waals surface area (Å²) < 4.78 is 62.1. The lowest BCUT2D eigenvalue weighted by Gasteiger charge is -2.55. The van der Waals surface area contributed by atoms with Crippen molar-refractivity contribution in [3.63, 3.8) is 0 Å². The minimum atomic E-state index is -2.78. The monoisotopic (exact) mass is 874 g/mol. The van der Waals surface area contributed by atoms with E-state index in [1.54, 1.807) is 0 Å². The molecule has 1 spiro atoms. The maximum atomic E-state index is 7.47. The smallest absolute Gasteiger partial charge is 0.261 e. The fourth-order valence-corrected chi connectivity index (χ4v) is 15.9. The van der Waals surface area contributed by atoms with Crippen LogP contribution in [-0.2, 0) is 55.5 Å². The van der Waals surface area contributed by atoms with Crippen LogP contribution in [0.5, 0.6) is 0 Å². The zero-order chi connectivity index (χ0) is 43.1. The van der Waals surface area contributed by atoms with Gasteiger partial charge in [-0.3, -0.25) is 0 Å². The summed E-state index contributed by atoms with van der Waals surface area (Å²) in [6, 6.07) is 42.4. The topological polar surface area (TPSA) is 86.4 Å². The van der Waals surface area contributed by atoms with Crippen LogP contribution in [0, 0.1) is 0 Å². The van der Waals surface area contributed by atoms with E-state index in [-0.39, 0.29) is 71.7 Å². The van der Waals surface area contributed by atoms with Gasteiger partial charge in [-0.1, -0.05) is 142 Å². The highest BCUT2D eigenvalue weighted by Gasteiger charge is 2.60. The lowest BCUT2D eigenvalue weighted by Crippen LogP contribution is -2.67. The highest BCUT2D eigenvalue weighted by atomic mass is 28.4. The molecule has 10 rings (SSSR count). The van der Waals surface area contributed by atoms with Crippen LogP contribution in [-0.4, -0.2) is 100 Å². The summed E-state index contributed by atoms with van der Waals surface area (Å²) >= 11 is 0. The first-order chi connectivity index (χ1) is 30.6. The van der Waals surface area contributed by atoms with Gasteiger partial charge in [0.1, 0.15) is 11.7 Å². The number of fused-ring (bicyclic) bond motifs is 4. The molecule has 1 unspecified atom stereocenters. The van der Waals surface area contributed by atoms with Gasteiger partial charge in [-0.15, -0.1) is 0 Å². The van der Waals surface area contributed by atoms with Crippen LogP contribution in [0.4, 0.5) is 0 Å². The van der Waals surface area contributed by atoms with Gasteiger partial charge in [-0.2, -0.15) is 0 Å². The number of hydrogen-bond donors (Lipinski definition) is 0. The molecule has 336 valence electrons. The molecule has 0 N–H and O–H groups in total. The van der Waals surface area contributed by atoms with Crippen LogP contribution in [0.1, 0.15) is 83.8 Å². The Morgan fingerprint density at radius 1 is 0.603 bits per heavy atom. The van der Waals surface area contributed by atoms with E-state index in [9.17, 15) is 0 Å². The predicted octanol–water partition coefficient (Wildman–Crippen LogP) is 8.09. The molecule has 0 radical (unpaired) electrons. The summed E-state index contributed by atoms with van der Waals surface area (Å²) in [5.74, 6) is 0. The molecule has 4 aromatic rings. The average Bonchev–Trinajstić information content (AvgIpc) is 4.11. The Balaban J connectivity index is 0.820. The minimum Gasteiger partial charge on any atom is -0.405 e. The van der Waals surface area contributed by atoms with Crippen LogP contribution in [0.15, 0.2) is 121 Å². The van der Waals surface area contributed by atoms with Crippen molar-refractivity contribution in [2.45, 2.75) is 163 Å². The van der Waals surface area contributed by atoms with E-state index >= 15 is 0 Å². The SMILES string of the molecule is CC(C)(C)[Si](OC[C@@H]1O[C@@H]2C[C@@H]3O[C@@H]4C[C@@H]5O[C@](C)(CCOCc6ccccc6)[C@@H](OCc6ccccc6)C[C@H]5O[C@H]4C[C@H]3O[C@H]2CCC12CO2)(c1ccccc1)c1ccccc1. The maximum absolute atomic E-state index is 7.47. The maximum Gasteiger partial charge on any atom is 0.261 e. The summed E-state index contributed by atoms with van der Waals surface area (Å²) in [5.41, 5.74) is 1.39. The zero-order valence-electron chi connectivity index (χ0n) is 37.5.